The maximum absolute atomic E-state index is 13.4. The van der Waals surface area contributed by atoms with E-state index < -0.39 is 29.5 Å². The smallest absolute Gasteiger partial charge is 0.416 e. The summed E-state index contributed by atoms with van der Waals surface area (Å²) in [5, 5.41) is 14.4. The van der Waals surface area contributed by atoms with Gasteiger partial charge in [0.1, 0.15) is 0 Å². The molecule has 5 rings (SSSR count). The number of aliphatic imine (C=N–C) groups is 1. The Morgan fingerprint density at radius 2 is 2.00 bits per heavy atom. The number of carboxylic acids is 1. The Hall–Kier alpha value is -3.31. The molecule has 1 fully saturated rings. The fourth-order valence-electron chi connectivity index (χ4n) is 3.91. The van der Waals surface area contributed by atoms with Gasteiger partial charge in [-0.05, 0) is 53.2 Å². The van der Waals surface area contributed by atoms with Crippen LogP contribution >= 0.6 is 23.4 Å². The van der Waals surface area contributed by atoms with Crippen molar-refractivity contribution in [2.45, 2.75) is 12.7 Å². The van der Waals surface area contributed by atoms with Crippen LogP contribution in [0.15, 0.2) is 52.5 Å². The standard InChI is InChI=1S/C23H16ClF3N4O3S/c24-16-3-2-13(17(7-16)23(25,26)27)11-31-18-4-1-12(5-14(18)8-28-31)6-19-20(32)29-22(35-19)30-9-15(10-30)21(33)34/h1-8,15H,9-11H2,(H,33,34)/b19-6-. The molecule has 3 heterocycles. The largest absolute Gasteiger partial charge is 0.481 e. The highest BCUT2D eigenvalue weighted by molar-refractivity contribution is 8.18. The fourth-order valence-corrected chi connectivity index (χ4v) is 5.01. The summed E-state index contributed by atoms with van der Waals surface area (Å²) in [4.78, 5) is 29.5. The number of hydrogen-bond donors (Lipinski definition) is 1. The number of aromatic nitrogens is 2. The number of fused-ring (bicyclic) bond motifs is 1. The lowest BCUT2D eigenvalue weighted by Crippen LogP contribution is -2.51. The van der Waals surface area contributed by atoms with Gasteiger partial charge in [0.25, 0.3) is 5.91 Å². The topological polar surface area (TPSA) is 87.8 Å². The first-order chi connectivity index (χ1) is 16.6. The van der Waals surface area contributed by atoms with Crippen molar-refractivity contribution in [1.82, 2.24) is 14.7 Å². The molecule has 0 radical (unpaired) electrons. The molecule has 2 aliphatic heterocycles. The molecule has 35 heavy (non-hydrogen) atoms. The van der Waals surface area contributed by atoms with Crippen LogP contribution in [-0.4, -0.2) is 49.9 Å². The van der Waals surface area contributed by atoms with Gasteiger partial charge >= 0.3 is 12.1 Å². The highest BCUT2D eigenvalue weighted by Crippen LogP contribution is 2.35. The number of nitrogens with zero attached hydrogens (tertiary/aromatic N) is 4. The Labute approximate surface area is 205 Å². The number of aliphatic carboxylic acids is 1. The molecule has 12 heteroatoms. The van der Waals surface area contributed by atoms with Crippen LogP contribution in [0.4, 0.5) is 13.2 Å². The monoisotopic (exact) mass is 520 g/mol. The van der Waals surface area contributed by atoms with E-state index in [-0.39, 0.29) is 17.1 Å². The van der Waals surface area contributed by atoms with Gasteiger partial charge in [0.2, 0.25) is 0 Å². The Bertz CT molecular complexity index is 1430. The molecular formula is C23H16ClF3N4O3S. The minimum Gasteiger partial charge on any atom is -0.481 e. The number of amidine groups is 1. The first kappa shape index (κ1) is 23.4. The second kappa shape index (κ2) is 8.72. The number of hydrogen-bond acceptors (Lipinski definition) is 5. The molecule has 0 aliphatic carbocycles. The van der Waals surface area contributed by atoms with E-state index in [1.165, 1.54) is 28.6 Å². The molecule has 1 aromatic heterocycles. The van der Waals surface area contributed by atoms with E-state index in [0.717, 1.165) is 6.07 Å². The Kier molecular flexibility index (Phi) is 5.84. The van der Waals surface area contributed by atoms with E-state index in [4.69, 9.17) is 16.7 Å². The van der Waals surface area contributed by atoms with E-state index in [9.17, 15) is 22.8 Å². The van der Waals surface area contributed by atoms with Crippen LogP contribution in [0.2, 0.25) is 5.02 Å². The van der Waals surface area contributed by atoms with Crippen molar-refractivity contribution in [3.63, 3.8) is 0 Å². The van der Waals surface area contributed by atoms with Gasteiger partial charge in [0, 0.05) is 23.5 Å². The molecule has 0 saturated carbocycles. The van der Waals surface area contributed by atoms with Gasteiger partial charge in [0.05, 0.1) is 34.6 Å². The average Bonchev–Trinajstić information content (AvgIpc) is 3.30. The van der Waals surface area contributed by atoms with Crippen molar-refractivity contribution >= 4 is 57.4 Å². The number of carbonyl (C=O) groups is 2. The van der Waals surface area contributed by atoms with Crippen LogP contribution in [0.1, 0.15) is 16.7 Å². The Morgan fingerprint density at radius 3 is 2.71 bits per heavy atom. The summed E-state index contributed by atoms with van der Waals surface area (Å²) in [6.45, 7) is 0.543. The van der Waals surface area contributed by atoms with Crippen molar-refractivity contribution < 1.29 is 27.9 Å². The number of carbonyl (C=O) groups excluding carboxylic acids is 1. The third-order valence-electron chi connectivity index (χ3n) is 5.77. The molecule has 1 N–H and O–H groups in total. The zero-order valence-electron chi connectivity index (χ0n) is 17.8. The van der Waals surface area contributed by atoms with Gasteiger partial charge in [-0.1, -0.05) is 23.7 Å². The minimum atomic E-state index is -4.54. The first-order valence-corrected chi connectivity index (χ1v) is 11.6. The quantitative estimate of drug-likeness (QED) is 0.500. The zero-order valence-corrected chi connectivity index (χ0v) is 19.4. The van der Waals surface area contributed by atoms with Crippen LogP contribution < -0.4 is 0 Å². The number of halogens is 4. The zero-order chi connectivity index (χ0) is 24.9. The number of amides is 1. The molecule has 0 unspecified atom stereocenters. The van der Waals surface area contributed by atoms with E-state index in [2.05, 4.69) is 10.1 Å². The fraction of sp³-hybridized carbons (Fsp3) is 0.217. The van der Waals surface area contributed by atoms with Gasteiger partial charge in [-0.15, -0.1) is 0 Å². The second-order valence-electron chi connectivity index (χ2n) is 8.17. The number of carboxylic acid groups (broad SMARTS) is 1. The second-order valence-corrected chi connectivity index (χ2v) is 9.62. The minimum absolute atomic E-state index is 0.00588. The summed E-state index contributed by atoms with van der Waals surface area (Å²) in [5.74, 6) is -1.73. The Morgan fingerprint density at radius 1 is 1.23 bits per heavy atom. The summed E-state index contributed by atoms with van der Waals surface area (Å²) >= 11 is 6.95. The molecule has 3 aromatic rings. The third-order valence-corrected chi connectivity index (χ3v) is 7.05. The van der Waals surface area contributed by atoms with Crippen molar-refractivity contribution in [1.29, 1.82) is 0 Å². The highest BCUT2D eigenvalue weighted by atomic mass is 35.5. The van der Waals surface area contributed by atoms with E-state index in [1.54, 1.807) is 35.4 Å². The normalized spacial score (nSPS) is 17.8. The molecule has 2 aliphatic rings. The van der Waals surface area contributed by atoms with Crippen LogP contribution in [0.5, 0.6) is 0 Å². The van der Waals surface area contributed by atoms with Gasteiger partial charge in [-0.3, -0.25) is 14.3 Å². The first-order valence-electron chi connectivity index (χ1n) is 10.4. The summed E-state index contributed by atoms with van der Waals surface area (Å²) < 4.78 is 41.8. The molecule has 0 spiro atoms. The van der Waals surface area contributed by atoms with Crippen molar-refractivity contribution in [3.8, 4) is 0 Å². The molecule has 1 saturated heterocycles. The lowest BCUT2D eigenvalue weighted by Gasteiger charge is -2.37. The third kappa shape index (κ3) is 4.65. The molecule has 7 nitrogen and oxygen atoms in total. The molecule has 0 bridgehead atoms. The molecule has 0 atom stereocenters. The van der Waals surface area contributed by atoms with Crippen molar-refractivity contribution in [2.24, 2.45) is 10.9 Å². The molecule has 1 amide bonds. The molecule has 2 aromatic carbocycles. The van der Waals surface area contributed by atoms with E-state index >= 15 is 0 Å². The van der Waals surface area contributed by atoms with Gasteiger partial charge in [-0.2, -0.15) is 23.3 Å². The summed E-state index contributed by atoms with van der Waals surface area (Å²) in [6.07, 6.45) is -1.31. The maximum atomic E-state index is 13.4. The van der Waals surface area contributed by atoms with Crippen LogP contribution in [-0.2, 0) is 22.3 Å². The van der Waals surface area contributed by atoms with Crippen LogP contribution in [0, 0.1) is 5.92 Å². The maximum Gasteiger partial charge on any atom is 0.416 e. The van der Waals surface area contributed by atoms with E-state index in [0.29, 0.717) is 39.6 Å². The predicted octanol–water partition coefficient (Wildman–Crippen LogP) is 4.74. The number of thioether (sulfide) groups is 1. The number of likely N-dealkylation sites (tertiary alicyclic amines) is 1. The lowest BCUT2D eigenvalue weighted by atomic mass is 10.0. The van der Waals surface area contributed by atoms with Gasteiger partial charge in [-0.25, -0.2) is 0 Å². The Balaban J connectivity index is 1.34. The molecular weight excluding hydrogens is 505 g/mol. The van der Waals surface area contributed by atoms with Crippen molar-refractivity contribution in [2.75, 3.05) is 13.1 Å². The number of alkyl halides is 3. The number of benzene rings is 2. The highest BCUT2D eigenvalue weighted by Gasteiger charge is 2.38. The van der Waals surface area contributed by atoms with Crippen LogP contribution in [0.25, 0.3) is 17.0 Å². The number of rotatable bonds is 4. The SMILES string of the molecule is O=C1N=C(N2CC(C(=O)O)C2)S/C1=C\c1ccc2c(cnn2Cc2ccc(Cl)cc2C(F)(F)F)c1. The summed E-state index contributed by atoms with van der Waals surface area (Å²) in [7, 11) is 0. The predicted molar refractivity (Wildman–Crippen MR) is 126 cm³/mol. The van der Waals surface area contributed by atoms with Crippen LogP contribution in [0.3, 0.4) is 0 Å². The van der Waals surface area contributed by atoms with Gasteiger partial charge in [0.15, 0.2) is 5.17 Å². The summed E-state index contributed by atoms with van der Waals surface area (Å²) in [6, 6.07) is 8.92. The van der Waals surface area contributed by atoms with Gasteiger partial charge < -0.3 is 10.0 Å². The summed E-state index contributed by atoms with van der Waals surface area (Å²) in [5.41, 5.74) is 0.586. The van der Waals surface area contributed by atoms with E-state index in [1.807, 2.05) is 0 Å². The molecule has 180 valence electrons. The average molecular weight is 521 g/mol. The lowest BCUT2D eigenvalue weighted by molar-refractivity contribution is -0.145. The van der Waals surface area contributed by atoms with Crippen molar-refractivity contribution in [3.05, 3.63) is 69.2 Å².